The number of hydrogen-bond acceptors (Lipinski definition) is 4. The molecule has 0 aliphatic rings. The van der Waals surface area contributed by atoms with Crippen molar-refractivity contribution in [2.45, 2.75) is 6.92 Å². The number of halogens is 2. The molecule has 0 fully saturated rings. The highest BCUT2D eigenvalue weighted by Gasteiger charge is 2.18. The van der Waals surface area contributed by atoms with Crippen molar-refractivity contribution in [3.05, 3.63) is 71.4 Å². The van der Waals surface area contributed by atoms with Gasteiger partial charge in [0.05, 0.1) is 11.9 Å². The lowest BCUT2D eigenvalue weighted by atomic mass is 10.1. The van der Waals surface area contributed by atoms with Crippen molar-refractivity contribution in [2.24, 2.45) is 0 Å². The Morgan fingerprint density at radius 3 is 2.56 bits per heavy atom. The molecule has 0 spiro atoms. The van der Waals surface area contributed by atoms with E-state index in [9.17, 15) is 18.4 Å². The highest BCUT2D eigenvalue weighted by molar-refractivity contribution is 5.98. The minimum Gasteiger partial charge on any atom is -0.452 e. The van der Waals surface area contributed by atoms with E-state index in [2.05, 4.69) is 15.5 Å². The van der Waals surface area contributed by atoms with Crippen LogP contribution in [0.2, 0.25) is 0 Å². The number of amides is 1. The number of aromatic amines is 1. The van der Waals surface area contributed by atoms with E-state index in [1.54, 1.807) is 6.92 Å². The molecule has 27 heavy (non-hydrogen) atoms. The first-order chi connectivity index (χ1) is 12.9. The van der Waals surface area contributed by atoms with Crippen LogP contribution in [0.5, 0.6) is 0 Å². The molecule has 0 aliphatic carbocycles. The number of H-pyrrole nitrogens is 1. The Morgan fingerprint density at radius 2 is 1.81 bits per heavy atom. The molecule has 1 heterocycles. The highest BCUT2D eigenvalue weighted by Crippen LogP contribution is 2.22. The fourth-order valence-corrected chi connectivity index (χ4v) is 2.40. The van der Waals surface area contributed by atoms with Crippen molar-refractivity contribution < 1.29 is 23.1 Å². The van der Waals surface area contributed by atoms with Crippen LogP contribution in [0.4, 0.5) is 14.5 Å². The quantitative estimate of drug-likeness (QED) is 0.673. The Hall–Kier alpha value is -3.55. The normalized spacial score (nSPS) is 10.5. The molecule has 1 aromatic heterocycles. The van der Waals surface area contributed by atoms with E-state index in [-0.39, 0.29) is 5.56 Å². The summed E-state index contributed by atoms with van der Waals surface area (Å²) in [5, 5.41) is 8.93. The third-order valence-electron chi connectivity index (χ3n) is 3.80. The first-order valence-corrected chi connectivity index (χ1v) is 7.96. The summed E-state index contributed by atoms with van der Waals surface area (Å²) in [5.41, 5.74) is 1.97. The Morgan fingerprint density at radius 1 is 1.11 bits per heavy atom. The van der Waals surface area contributed by atoms with Crippen LogP contribution in [0.25, 0.3) is 11.3 Å². The summed E-state index contributed by atoms with van der Waals surface area (Å²) in [7, 11) is 0. The van der Waals surface area contributed by atoms with E-state index >= 15 is 0 Å². The van der Waals surface area contributed by atoms with E-state index in [1.165, 1.54) is 48.7 Å². The first kappa shape index (κ1) is 18.2. The molecule has 0 bridgehead atoms. The van der Waals surface area contributed by atoms with Gasteiger partial charge in [-0.3, -0.25) is 9.89 Å². The number of rotatable bonds is 5. The lowest BCUT2D eigenvalue weighted by Gasteiger charge is -2.09. The Kier molecular flexibility index (Phi) is 5.25. The van der Waals surface area contributed by atoms with E-state index in [4.69, 9.17) is 4.74 Å². The number of aryl methyl sites for hydroxylation is 1. The molecule has 2 aromatic carbocycles. The number of benzene rings is 2. The monoisotopic (exact) mass is 371 g/mol. The Bertz CT molecular complexity index is 984. The Labute approximate surface area is 153 Å². The van der Waals surface area contributed by atoms with Gasteiger partial charge in [-0.15, -0.1) is 0 Å². The number of anilines is 1. The van der Waals surface area contributed by atoms with E-state index in [0.29, 0.717) is 22.5 Å². The number of ether oxygens (including phenoxy) is 1. The third kappa shape index (κ3) is 4.35. The van der Waals surface area contributed by atoms with Crippen molar-refractivity contribution in [3.63, 3.8) is 0 Å². The van der Waals surface area contributed by atoms with Crippen LogP contribution >= 0.6 is 0 Å². The van der Waals surface area contributed by atoms with Gasteiger partial charge in [0.1, 0.15) is 17.2 Å². The SMILES string of the molecule is Cc1ccc(F)cc1NC(=O)COC(=O)c1cn[nH]c1-c1ccc(F)cc1. The van der Waals surface area contributed by atoms with Crippen molar-refractivity contribution >= 4 is 17.6 Å². The number of esters is 1. The van der Waals surface area contributed by atoms with Crippen LogP contribution in [-0.4, -0.2) is 28.7 Å². The number of nitrogens with one attached hydrogen (secondary N) is 2. The largest absolute Gasteiger partial charge is 0.452 e. The second-order valence-corrected chi connectivity index (χ2v) is 5.75. The minimum atomic E-state index is -0.769. The lowest BCUT2D eigenvalue weighted by Crippen LogP contribution is -2.21. The number of aromatic nitrogens is 2. The summed E-state index contributed by atoms with van der Waals surface area (Å²) in [6.45, 7) is 1.16. The molecule has 2 N–H and O–H groups in total. The summed E-state index contributed by atoms with van der Waals surface area (Å²) >= 11 is 0. The summed E-state index contributed by atoms with van der Waals surface area (Å²) in [4.78, 5) is 24.2. The molecule has 3 aromatic rings. The molecule has 0 unspecified atom stereocenters. The van der Waals surface area contributed by atoms with Gasteiger partial charge in [0, 0.05) is 11.3 Å². The topological polar surface area (TPSA) is 84.1 Å². The number of carbonyl (C=O) groups is 2. The molecule has 8 heteroatoms. The van der Waals surface area contributed by atoms with Gasteiger partial charge in [-0.25, -0.2) is 13.6 Å². The maximum absolute atomic E-state index is 13.3. The third-order valence-corrected chi connectivity index (χ3v) is 3.80. The van der Waals surface area contributed by atoms with Crippen LogP contribution in [-0.2, 0) is 9.53 Å². The average molecular weight is 371 g/mol. The smallest absolute Gasteiger partial charge is 0.342 e. The predicted molar refractivity (Wildman–Crippen MR) is 94.0 cm³/mol. The molecule has 0 radical (unpaired) electrons. The average Bonchev–Trinajstić information content (AvgIpc) is 3.13. The zero-order chi connectivity index (χ0) is 19.4. The second kappa shape index (κ2) is 7.77. The molecule has 1 amide bonds. The van der Waals surface area contributed by atoms with Crippen LogP contribution in [0.1, 0.15) is 15.9 Å². The summed E-state index contributed by atoms with van der Waals surface area (Å²) in [6, 6.07) is 9.45. The fourth-order valence-electron chi connectivity index (χ4n) is 2.40. The molecule has 6 nitrogen and oxygen atoms in total. The second-order valence-electron chi connectivity index (χ2n) is 5.75. The summed E-state index contributed by atoms with van der Waals surface area (Å²) < 4.78 is 31.3. The summed E-state index contributed by atoms with van der Waals surface area (Å²) in [5.74, 6) is -2.28. The van der Waals surface area contributed by atoms with Crippen molar-refractivity contribution in [3.8, 4) is 11.3 Å². The van der Waals surface area contributed by atoms with Gasteiger partial charge in [0.2, 0.25) is 0 Å². The zero-order valence-electron chi connectivity index (χ0n) is 14.3. The molecule has 0 atom stereocenters. The van der Waals surface area contributed by atoms with Crippen LogP contribution in [0.3, 0.4) is 0 Å². The molecule has 0 aliphatic heterocycles. The molecule has 0 saturated heterocycles. The Balaban J connectivity index is 1.65. The number of nitrogens with zero attached hydrogens (tertiary/aromatic N) is 1. The van der Waals surface area contributed by atoms with Crippen LogP contribution in [0.15, 0.2) is 48.7 Å². The molecular formula is C19H15F2N3O3. The van der Waals surface area contributed by atoms with Crippen molar-refractivity contribution in [1.29, 1.82) is 0 Å². The maximum atomic E-state index is 13.3. The van der Waals surface area contributed by atoms with Gasteiger partial charge in [0.15, 0.2) is 6.61 Å². The van der Waals surface area contributed by atoms with Gasteiger partial charge < -0.3 is 10.1 Å². The van der Waals surface area contributed by atoms with Gasteiger partial charge in [0.25, 0.3) is 5.91 Å². The summed E-state index contributed by atoms with van der Waals surface area (Å²) in [6.07, 6.45) is 1.26. The highest BCUT2D eigenvalue weighted by atomic mass is 19.1. The van der Waals surface area contributed by atoms with Gasteiger partial charge >= 0.3 is 5.97 Å². The van der Waals surface area contributed by atoms with E-state index in [0.717, 1.165) is 0 Å². The lowest BCUT2D eigenvalue weighted by molar-refractivity contribution is -0.119. The first-order valence-electron chi connectivity index (χ1n) is 7.96. The molecule has 0 saturated carbocycles. The fraction of sp³-hybridized carbons (Fsp3) is 0.105. The van der Waals surface area contributed by atoms with E-state index in [1.807, 2.05) is 0 Å². The van der Waals surface area contributed by atoms with Gasteiger partial charge in [-0.2, -0.15) is 5.10 Å². The maximum Gasteiger partial charge on any atom is 0.342 e. The van der Waals surface area contributed by atoms with E-state index < -0.39 is 30.1 Å². The van der Waals surface area contributed by atoms with Crippen molar-refractivity contribution in [2.75, 3.05) is 11.9 Å². The van der Waals surface area contributed by atoms with Crippen LogP contribution in [0, 0.1) is 18.6 Å². The van der Waals surface area contributed by atoms with Gasteiger partial charge in [-0.05, 0) is 48.9 Å². The molecule has 3 rings (SSSR count). The number of carbonyl (C=O) groups excluding carboxylic acids is 2. The van der Waals surface area contributed by atoms with Crippen LogP contribution < -0.4 is 5.32 Å². The minimum absolute atomic E-state index is 0.108. The van der Waals surface area contributed by atoms with Crippen molar-refractivity contribution in [1.82, 2.24) is 10.2 Å². The zero-order valence-corrected chi connectivity index (χ0v) is 14.3. The standard InChI is InChI=1S/C19H15F2N3O3/c1-11-2-5-14(21)8-16(11)23-17(25)10-27-19(26)15-9-22-24-18(15)12-3-6-13(20)7-4-12/h2-9H,10H2,1H3,(H,22,24)(H,23,25). The van der Waals surface area contributed by atoms with Gasteiger partial charge in [-0.1, -0.05) is 6.07 Å². The molecular weight excluding hydrogens is 356 g/mol. The molecule has 138 valence electrons. The predicted octanol–water partition coefficient (Wildman–Crippen LogP) is 3.46. The number of hydrogen-bond donors (Lipinski definition) is 2.